The lowest BCUT2D eigenvalue weighted by molar-refractivity contribution is 0.0928. The van der Waals surface area contributed by atoms with Crippen LogP contribution in [0.5, 0.6) is 0 Å². The van der Waals surface area contributed by atoms with Gasteiger partial charge in [-0.1, -0.05) is 25.5 Å². The SMILES string of the molecule is Cc1ccc(N)c(C(=O)NC2CCC(C)C2C)c1. The van der Waals surface area contributed by atoms with Gasteiger partial charge in [0.25, 0.3) is 5.91 Å². The summed E-state index contributed by atoms with van der Waals surface area (Å²) in [6.45, 7) is 6.43. The molecule has 0 saturated heterocycles. The molecule has 0 heterocycles. The lowest BCUT2D eigenvalue weighted by atomic mass is 9.97. The molecule has 1 aromatic carbocycles. The number of aryl methyl sites for hydroxylation is 1. The topological polar surface area (TPSA) is 55.1 Å². The Bertz CT molecular complexity index is 456. The highest BCUT2D eigenvalue weighted by Gasteiger charge is 2.31. The lowest BCUT2D eigenvalue weighted by Gasteiger charge is -2.20. The Morgan fingerprint density at radius 2 is 2.06 bits per heavy atom. The van der Waals surface area contributed by atoms with Crippen LogP contribution in [-0.2, 0) is 0 Å². The fraction of sp³-hybridized carbons (Fsp3) is 0.533. The highest BCUT2D eigenvalue weighted by molar-refractivity contribution is 5.99. The minimum Gasteiger partial charge on any atom is -0.398 e. The third-order valence-corrected chi connectivity index (χ3v) is 4.24. The smallest absolute Gasteiger partial charge is 0.253 e. The molecule has 3 atom stereocenters. The van der Waals surface area contributed by atoms with E-state index in [-0.39, 0.29) is 11.9 Å². The Labute approximate surface area is 109 Å². The molecular weight excluding hydrogens is 224 g/mol. The van der Waals surface area contributed by atoms with Crippen LogP contribution in [-0.4, -0.2) is 11.9 Å². The van der Waals surface area contributed by atoms with Gasteiger partial charge in [0.1, 0.15) is 0 Å². The first-order valence-corrected chi connectivity index (χ1v) is 6.66. The summed E-state index contributed by atoms with van der Waals surface area (Å²) in [5, 5.41) is 3.12. The first-order chi connectivity index (χ1) is 8.49. The molecule has 1 aromatic rings. The van der Waals surface area contributed by atoms with Gasteiger partial charge in [0.15, 0.2) is 0 Å². The Kier molecular flexibility index (Phi) is 3.60. The zero-order chi connectivity index (χ0) is 13.3. The van der Waals surface area contributed by atoms with E-state index in [9.17, 15) is 4.79 Å². The van der Waals surface area contributed by atoms with Gasteiger partial charge in [-0.05, 0) is 43.7 Å². The van der Waals surface area contributed by atoms with E-state index in [2.05, 4.69) is 19.2 Å². The number of nitrogens with two attached hydrogens (primary N) is 1. The Morgan fingerprint density at radius 3 is 2.67 bits per heavy atom. The molecule has 3 nitrogen and oxygen atoms in total. The number of nitrogens with one attached hydrogen (secondary N) is 1. The maximum absolute atomic E-state index is 12.2. The molecule has 0 bridgehead atoms. The van der Waals surface area contributed by atoms with Crippen LogP contribution in [0.2, 0.25) is 0 Å². The quantitative estimate of drug-likeness (QED) is 0.788. The summed E-state index contributed by atoms with van der Waals surface area (Å²) in [6.07, 6.45) is 2.26. The first-order valence-electron chi connectivity index (χ1n) is 6.66. The number of nitrogen functional groups attached to an aromatic ring is 1. The van der Waals surface area contributed by atoms with Crippen molar-refractivity contribution in [1.29, 1.82) is 0 Å². The van der Waals surface area contributed by atoms with E-state index in [4.69, 9.17) is 5.73 Å². The van der Waals surface area contributed by atoms with Gasteiger partial charge < -0.3 is 11.1 Å². The Balaban J connectivity index is 2.10. The largest absolute Gasteiger partial charge is 0.398 e. The molecule has 98 valence electrons. The average molecular weight is 246 g/mol. The standard InChI is InChI=1S/C15H22N2O/c1-9-4-6-13(16)12(8-9)15(18)17-14-7-5-10(2)11(14)3/h4,6,8,10-11,14H,5,7,16H2,1-3H3,(H,17,18). The molecule has 0 radical (unpaired) electrons. The minimum absolute atomic E-state index is 0.0397. The molecule has 1 aliphatic rings. The summed E-state index contributed by atoms with van der Waals surface area (Å²) >= 11 is 0. The number of carbonyl (C=O) groups is 1. The van der Waals surface area contributed by atoms with Gasteiger partial charge in [-0.15, -0.1) is 0 Å². The molecule has 2 rings (SSSR count). The van der Waals surface area contributed by atoms with Crippen molar-refractivity contribution >= 4 is 11.6 Å². The normalized spacial score (nSPS) is 27.2. The van der Waals surface area contributed by atoms with Gasteiger partial charge in [0.2, 0.25) is 0 Å². The molecule has 1 aliphatic carbocycles. The fourth-order valence-electron chi connectivity index (χ4n) is 2.68. The summed E-state index contributed by atoms with van der Waals surface area (Å²) in [7, 11) is 0. The van der Waals surface area contributed by atoms with E-state index in [0.29, 0.717) is 23.1 Å². The van der Waals surface area contributed by atoms with Crippen LogP contribution in [0.1, 0.15) is 42.6 Å². The van der Waals surface area contributed by atoms with Crippen LogP contribution >= 0.6 is 0 Å². The molecule has 1 amide bonds. The second-order valence-electron chi connectivity index (χ2n) is 5.58. The molecule has 3 unspecified atom stereocenters. The van der Waals surface area contributed by atoms with Gasteiger partial charge in [-0.3, -0.25) is 4.79 Å². The van der Waals surface area contributed by atoms with E-state index >= 15 is 0 Å². The number of carbonyl (C=O) groups excluding carboxylic acids is 1. The van der Waals surface area contributed by atoms with Crippen LogP contribution in [0, 0.1) is 18.8 Å². The molecule has 1 saturated carbocycles. The monoisotopic (exact) mass is 246 g/mol. The van der Waals surface area contributed by atoms with Crippen molar-refractivity contribution < 1.29 is 4.79 Å². The number of hydrogen-bond acceptors (Lipinski definition) is 2. The molecule has 0 aliphatic heterocycles. The number of rotatable bonds is 2. The molecule has 3 heteroatoms. The number of anilines is 1. The zero-order valence-electron chi connectivity index (χ0n) is 11.4. The van der Waals surface area contributed by atoms with Gasteiger partial charge in [-0.25, -0.2) is 0 Å². The number of benzene rings is 1. The van der Waals surface area contributed by atoms with Gasteiger partial charge in [-0.2, -0.15) is 0 Å². The molecule has 3 N–H and O–H groups in total. The van der Waals surface area contributed by atoms with Gasteiger partial charge >= 0.3 is 0 Å². The summed E-state index contributed by atoms with van der Waals surface area (Å²) in [6, 6.07) is 5.86. The zero-order valence-corrected chi connectivity index (χ0v) is 11.4. The fourth-order valence-corrected chi connectivity index (χ4v) is 2.68. The first kappa shape index (κ1) is 12.9. The highest BCUT2D eigenvalue weighted by Crippen LogP contribution is 2.31. The van der Waals surface area contributed by atoms with Crippen molar-refractivity contribution in [1.82, 2.24) is 5.32 Å². The van der Waals surface area contributed by atoms with E-state index in [1.165, 1.54) is 6.42 Å². The van der Waals surface area contributed by atoms with Crippen molar-refractivity contribution in [2.45, 2.75) is 39.7 Å². The van der Waals surface area contributed by atoms with Crippen molar-refractivity contribution in [2.75, 3.05) is 5.73 Å². The molecular formula is C15H22N2O. The molecule has 0 aromatic heterocycles. The maximum Gasteiger partial charge on any atom is 0.253 e. The molecule has 18 heavy (non-hydrogen) atoms. The van der Waals surface area contributed by atoms with E-state index in [1.54, 1.807) is 6.07 Å². The Hall–Kier alpha value is -1.51. The maximum atomic E-state index is 12.2. The van der Waals surface area contributed by atoms with E-state index in [1.807, 2.05) is 19.1 Å². The van der Waals surface area contributed by atoms with E-state index in [0.717, 1.165) is 12.0 Å². The Morgan fingerprint density at radius 1 is 1.33 bits per heavy atom. The van der Waals surface area contributed by atoms with E-state index < -0.39 is 0 Å². The van der Waals surface area contributed by atoms with Gasteiger partial charge in [0, 0.05) is 11.7 Å². The van der Waals surface area contributed by atoms with Crippen LogP contribution in [0.4, 0.5) is 5.69 Å². The summed E-state index contributed by atoms with van der Waals surface area (Å²) in [5.41, 5.74) is 8.07. The van der Waals surface area contributed by atoms with Crippen LogP contribution < -0.4 is 11.1 Å². The van der Waals surface area contributed by atoms with Crippen molar-refractivity contribution in [3.63, 3.8) is 0 Å². The second kappa shape index (κ2) is 5.01. The third kappa shape index (κ3) is 2.50. The summed E-state index contributed by atoms with van der Waals surface area (Å²) in [4.78, 5) is 12.2. The predicted octanol–water partition coefficient (Wildman–Crippen LogP) is 2.74. The van der Waals surface area contributed by atoms with Crippen LogP contribution in [0.15, 0.2) is 18.2 Å². The highest BCUT2D eigenvalue weighted by atomic mass is 16.1. The predicted molar refractivity (Wildman–Crippen MR) is 74.4 cm³/mol. The van der Waals surface area contributed by atoms with Crippen molar-refractivity contribution in [2.24, 2.45) is 11.8 Å². The lowest BCUT2D eigenvalue weighted by Crippen LogP contribution is -2.37. The van der Waals surface area contributed by atoms with Crippen LogP contribution in [0.3, 0.4) is 0 Å². The molecule has 1 fully saturated rings. The summed E-state index contributed by atoms with van der Waals surface area (Å²) < 4.78 is 0. The van der Waals surface area contributed by atoms with Crippen LogP contribution in [0.25, 0.3) is 0 Å². The number of hydrogen-bond donors (Lipinski definition) is 2. The minimum atomic E-state index is -0.0397. The summed E-state index contributed by atoms with van der Waals surface area (Å²) in [5.74, 6) is 1.19. The average Bonchev–Trinajstić information content (AvgIpc) is 2.64. The third-order valence-electron chi connectivity index (χ3n) is 4.24. The molecule has 0 spiro atoms. The second-order valence-corrected chi connectivity index (χ2v) is 5.58. The van der Waals surface area contributed by atoms with Gasteiger partial charge in [0.05, 0.1) is 5.56 Å². The van der Waals surface area contributed by atoms with Crippen molar-refractivity contribution in [3.05, 3.63) is 29.3 Å². The number of amides is 1. The van der Waals surface area contributed by atoms with Crippen molar-refractivity contribution in [3.8, 4) is 0 Å².